The molecule has 1 aromatic heterocycles. The molecule has 0 saturated carbocycles. The lowest BCUT2D eigenvalue weighted by Gasteiger charge is -2.09. The van der Waals surface area contributed by atoms with Crippen molar-refractivity contribution in [2.75, 3.05) is 5.32 Å². The van der Waals surface area contributed by atoms with Crippen LogP contribution in [0.15, 0.2) is 80.8 Å². The molecule has 0 aliphatic rings. The van der Waals surface area contributed by atoms with Gasteiger partial charge in [-0.05, 0) is 61.4 Å². The van der Waals surface area contributed by atoms with Gasteiger partial charge in [0.15, 0.2) is 0 Å². The summed E-state index contributed by atoms with van der Waals surface area (Å²) in [5.41, 5.74) is 8.73. The van der Waals surface area contributed by atoms with E-state index >= 15 is 0 Å². The van der Waals surface area contributed by atoms with Crippen LogP contribution in [-0.4, -0.2) is 16.8 Å². The van der Waals surface area contributed by atoms with Crippen LogP contribution >= 0.6 is 31.9 Å². The molecule has 2 amide bonds. The minimum Gasteiger partial charge on any atom is -0.340 e. The molecule has 0 aliphatic carbocycles. The number of amides is 2. The quantitative estimate of drug-likeness (QED) is 0.203. The van der Waals surface area contributed by atoms with Crippen LogP contribution in [0.2, 0.25) is 0 Å². The van der Waals surface area contributed by atoms with E-state index in [1.54, 1.807) is 6.21 Å². The first-order chi connectivity index (χ1) is 15.4. The van der Waals surface area contributed by atoms with Gasteiger partial charge >= 0.3 is 6.03 Å². The zero-order valence-corrected chi connectivity index (χ0v) is 20.9. The van der Waals surface area contributed by atoms with Crippen molar-refractivity contribution in [2.24, 2.45) is 5.10 Å². The van der Waals surface area contributed by atoms with Crippen LogP contribution in [0.3, 0.4) is 0 Å². The topological polar surface area (TPSA) is 58.4 Å². The van der Waals surface area contributed by atoms with Gasteiger partial charge in [0.25, 0.3) is 0 Å². The maximum absolute atomic E-state index is 12.3. The molecule has 0 bridgehead atoms. The van der Waals surface area contributed by atoms with Crippen molar-refractivity contribution in [3.63, 3.8) is 0 Å². The number of benzene rings is 3. The lowest BCUT2D eigenvalue weighted by Crippen LogP contribution is -2.24. The van der Waals surface area contributed by atoms with Crippen molar-refractivity contribution >= 4 is 60.7 Å². The summed E-state index contributed by atoms with van der Waals surface area (Å²) in [5.74, 6) is 0. The summed E-state index contributed by atoms with van der Waals surface area (Å²) in [7, 11) is 0. The molecule has 4 rings (SSSR count). The number of rotatable bonds is 5. The average molecular weight is 554 g/mol. The summed E-state index contributed by atoms with van der Waals surface area (Å²) >= 11 is 6.95. The molecule has 4 aromatic rings. The van der Waals surface area contributed by atoms with E-state index < -0.39 is 0 Å². The van der Waals surface area contributed by atoms with Crippen molar-refractivity contribution in [2.45, 2.75) is 20.4 Å². The number of anilines is 1. The van der Waals surface area contributed by atoms with Gasteiger partial charge in [-0.25, -0.2) is 10.2 Å². The number of halogens is 2. The molecule has 0 spiro atoms. The van der Waals surface area contributed by atoms with Crippen LogP contribution in [0.1, 0.15) is 22.4 Å². The molecule has 0 saturated heterocycles. The van der Waals surface area contributed by atoms with Crippen molar-refractivity contribution in [1.29, 1.82) is 0 Å². The lowest BCUT2D eigenvalue weighted by molar-refractivity contribution is 0.252. The third kappa shape index (κ3) is 4.95. The summed E-state index contributed by atoms with van der Waals surface area (Å²) in [6.07, 6.45) is 1.71. The molecule has 0 fully saturated rings. The van der Waals surface area contributed by atoms with E-state index in [1.807, 2.05) is 49.4 Å². The van der Waals surface area contributed by atoms with Crippen LogP contribution in [-0.2, 0) is 6.54 Å². The lowest BCUT2D eigenvalue weighted by atomic mass is 10.1. The molecular weight excluding hydrogens is 532 g/mol. The predicted octanol–water partition coefficient (Wildman–Crippen LogP) is 6.99. The average Bonchev–Trinajstić information content (AvgIpc) is 3.04. The molecule has 32 heavy (non-hydrogen) atoms. The van der Waals surface area contributed by atoms with Crippen LogP contribution in [0.5, 0.6) is 0 Å². The second-order valence-corrected chi connectivity index (χ2v) is 9.29. The summed E-state index contributed by atoms with van der Waals surface area (Å²) in [5, 5.41) is 8.10. The minimum absolute atomic E-state index is 0.390. The number of carbonyl (C=O) groups excluding carboxylic acids is 1. The largest absolute Gasteiger partial charge is 0.340 e. The maximum atomic E-state index is 12.3. The monoisotopic (exact) mass is 552 g/mol. The fourth-order valence-electron chi connectivity index (χ4n) is 3.63. The standard InChI is InChI=1S/C25H22Br2N4O/c1-16-13-20(11-12-23(16)27)29-25(32)30-28-14-22-17(2)31(24-6-4-3-5-21(22)24)15-18-7-9-19(26)10-8-18/h3-14H,15H2,1-2H3,(H2,29,30,32)/b28-14+. The van der Waals surface area contributed by atoms with Crippen LogP contribution in [0.25, 0.3) is 10.9 Å². The molecule has 162 valence electrons. The number of hydrazone groups is 1. The highest BCUT2D eigenvalue weighted by Crippen LogP contribution is 2.26. The first-order valence-electron chi connectivity index (χ1n) is 10.1. The van der Waals surface area contributed by atoms with Crippen molar-refractivity contribution in [3.05, 3.63) is 98.1 Å². The molecular formula is C25H22Br2N4O. The fraction of sp³-hybridized carbons (Fsp3) is 0.120. The smallest absolute Gasteiger partial charge is 0.339 e. The number of carbonyl (C=O) groups is 1. The second kappa shape index (κ2) is 9.71. The Balaban J connectivity index is 1.54. The van der Waals surface area contributed by atoms with Gasteiger partial charge in [-0.1, -0.05) is 62.2 Å². The third-order valence-electron chi connectivity index (χ3n) is 5.31. The van der Waals surface area contributed by atoms with Crippen molar-refractivity contribution < 1.29 is 4.79 Å². The Labute approximate surface area is 203 Å². The Bertz CT molecular complexity index is 1310. The van der Waals surface area contributed by atoms with E-state index in [4.69, 9.17) is 0 Å². The molecule has 0 atom stereocenters. The highest BCUT2D eigenvalue weighted by atomic mass is 79.9. The van der Waals surface area contributed by atoms with Gasteiger partial charge in [0.2, 0.25) is 0 Å². The first kappa shape index (κ1) is 22.3. The Morgan fingerprint density at radius 3 is 2.53 bits per heavy atom. The Hall–Kier alpha value is -2.90. The second-order valence-electron chi connectivity index (χ2n) is 7.52. The number of hydrogen-bond acceptors (Lipinski definition) is 2. The maximum Gasteiger partial charge on any atom is 0.339 e. The SMILES string of the molecule is Cc1cc(NC(=O)N/N=C/c2c(C)n(Cc3ccc(Br)cc3)c3ccccc23)ccc1Br. The van der Waals surface area contributed by atoms with E-state index in [1.165, 1.54) is 5.56 Å². The number of aryl methyl sites for hydroxylation is 1. The molecule has 0 radical (unpaired) electrons. The van der Waals surface area contributed by atoms with Gasteiger partial charge in [-0.2, -0.15) is 5.10 Å². The normalized spacial score (nSPS) is 11.2. The molecule has 0 unspecified atom stereocenters. The van der Waals surface area contributed by atoms with Crippen molar-refractivity contribution in [3.8, 4) is 0 Å². The number of urea groups is 1. The first-order valence-corrected chi connectivity index (χ1v) is 11.7. The van der Waals surface area contributed by atoms with Crippen LogP contribution < -0.4 is 10.7 Å². The number of nitrogens with one attached hydrogen (secondary N) is 2. The molecule has 2 N–H and O–H groups in total. The van der Waals surface area contributed by atoms with Gasteiger partial charge in [0, 0.05) is 43.3 Å². The number of nitrogens with zero attached hydrogens (tertiary/aromatic N) is 2. The number of hydrogen-bond donors (Lipinski definition) is 2. The minimum atomic E-state index is -0.390. The zero-order valence-electron chi connectivity index (χ0n) is 17.7. The number of para-hydroxylation sites is 1. The predicted molar refractivity (Wildman–Crippen MR) is 139 cm³/mol. The fourth-order valence-corrected chi connectivity index (χ4v) is 4.14. The molecule has 1 heterocycles. The zero-order chi connectivity index (χ0) is 22.7. The summed E-state index contributed by atoms with van der Waals surface area (Å²) in [6.45, 7) is 4.80. The summed E-state index contributed by atoms with van der Waals surface area (Å²) in [4.78, 5) is 12.3. The third-order valence-corrected chi connectivity index (χ3v) is 6.73. The molecule has 3 aromatic carbocycles. The molecule has 7 heteroatoms. The number of aromatic nitrogens is 1. The van der Waals surface area contributed by atoms with Gasteiger partial charge in [0.05, 0.1) is 6.21 Å². The van der Waals surface area contributed by atoms with Gasteiger partial charge < -0.3 is 9.88 Å². The highest BCUT2D eigenvalue weighted by molar-refractivity contribution is 9.10. The Morgan fingerprint density at radius 1 is 1.03 bits per heavy atom. The highest BCUT2D eigenvalue weighted by Gasteiger charge is 2.13. The van der Waals surface area contributed by atoms with E-state index in [0.717, 1.165) is 43.2 Å². The van der Waals surface area contributed by atoms with E-state index in [9.17, 15) is 4.79 Å². The Kier molecular flexibility index (Phi) is 6.77. The van der Waals surface area contributed by atoms with Crippen molar-refractivity contribution in [1.82, 2.24) is 9.99 Å². The van der Waals surface area contributed by atoms with Crippen LogP contribution in [0, 0.1) is 13.8 Å². The Morgan fingerprint density at radius 2 is 1.78 bits per heavy atom. The molecule has 0 aliphatic heterocycles. The number of fused-ring (bicyclic) bond motifs is 1. The van der Waals surface area contributed by atoms with Gasteiger partial charge in [-0.3, -0.25) is 0 Å². The van der Waals surface area contributed by atoms with E-state index in [2.05, 4.69) is 83.5 Å². The van der Waals surface area contributed by atoms with Crippen LogP contribution in [0.4, 0.5) is 10.5 Å². The van der Waals surface area contributed by atoms with Gasteiger partial charge in [-0.15, -0.1) is 0 Å². The van der Waals surface area contributed by atoms with E-state index in [0.29, 0.717) is 5.69 Å². The summed E-state index contributed by atoms with van der Waals surface area (Å²) in [6, 6.07) is 21.8. The van der Waals surface area contributed by atoms with E-state index in [-0.39, 0.29) is 6.03 Å². The van der Waals surface area contributed by atoms with Gasteiger partial charge in [0.1, 0.15) is 0 Å². The summed E-state index contributed by atoms with van der Waals surface area (Å²) < 4.78 is 4.33. The molecule has 5 nitrogen and oxygen atoms in total.